The molecule has 0 aliphatic carbocycles. The first-order chi connectivity index (χ1) is 10.1. The Hall–Kier alpha value is -2.34. The zero-order valence-corrected chi connectivity index (χ0v) is 12.5. The molecule has 0 radical (unpaired) electrons. The van der Waals surface area contributed by atoms with Crippen LogP contribution < -0.4 is 5.73 Å². The fourth-order valence-corrected chi connectivity index (χ4v) is 2.22. The number of nitrogen functional groups attached to an aromatic ring is 1. The predicted octanol–water partition coefficient (Wildman–Crippen LogP) is 3.38. The second-order valence-electron chi connectivity index (χ2n) is 4.56. The average molecular weight is 346 g/mol. The Labute approximate surface area is 129 Å². The highest BCUT2D eigenvalue weighted by Gasteiger charge is 2.14. The zero-order valence-electron chi connectivity index (χ0n) is 11.0. The van der Waals surface area contributed by atoms with E-state index in [0.717, 1.165) is 10.0 Å². The number of halogens is 1. The van der Waals surface area contributed by atoms with Gasteiger partial charge in [0.25, 0.3) is 5.89 Å². The molecule has 3 rings (SSSR count). The number of rotatable bonds is 3. The fraction of sp³-hybridized carbons (Fsp3) is 0.0667. The summed E-state index contributed by atoms with van der Waals surface area (Å²) in [6.07, 6.45) is 0.555. The van der Waals surface area contributed by atoms with Gasteiger partial charge in [-0.05, 0) is 29.8 Å². The molecular weight excluding hydrogens is 334 g/mol. The zero-order chi connectivity index (χ0) is 14.8. The van der Waals surface area contributed by atoms with Crippen LogP contribution in [0.15, 0.2) is 51.5 Å². The first kappa shape index (κ1) is 13.6. The lowest BCUT2D eigenvalue weighted by Crippen LogP contribution is -1.91. The molecule has 1 heterocycles. The van der Waals surface area contributed by atoms with Crippen LogP contribution in [0.5, 0.6) is 5.75 Å². The summed E-state index contributed by atoms with van der Waals surface area (Å²) >= 11 is 3.39. The average Bonchev–Trinajstić information content (AvgIpc) is 2.93. The van der Waals surface area contributed by atoms with Crippen molar-refractivity contribution in [1.29, 1.82) is 0 Å². The van der Waals surface area contributed by atoms with Gasteiger partial charge in [0.05, 0.1) is 11.3 Å². The van der Waals surface area contributed by atoms with E-state index in [1.165, 1.54) is 0 Å². The van der Waals surface area contributed by atoms with Gasteiger partial charge in [0.1, 0.15) is 0 Å². The first-order valence-electron chi connectivity index (χ1n) is 6.28. The van der Waals surface area contributed by atoms with E-state index in [0.29, 0.717) is 17.8 Å². The van der Waals surface area contributed by atoms with E-state index in [1.807, 2.05) is 24.3 Å². The van der Waals surface area contributed by atoms with Gasteiger partial charge in [0.2, 0.25) is 0 Å². The normalized spacial score (nSPS) is 10.7. The number of aromatic hydroxyl groups is 1. The third-order valence-corrected chi connectivity index (χ3v) is 3.57. The molecule has 0 saturated heterocycles. The summed E-state index contributed by atoms with van der Waals surface area (Å²) in [6, 6.07) is 12.9. The van der Waals surface area contributed by atoms with Crippen LogP contribution in [-0.2, 0) is 6.42 Å². The summed E-state index contributed by atoms with van der Waals surface area (Å²) in [5.41, 5.74) is 7.44. The van der Waals surface area contributed by atoms with Crippen molar-refractivity contribution >= 4 is 21.6 Å². The van der Waals surface area contributed by atoms with Crippen LogP contribution in [0.1, 0.15) is 11.4 Å². The molecule has 6 heteroatoms. The Balaban J connectivity index is 1.86. The standard InChI is InChI=1S/C15H12BrN3O2/c16-10-6-4-9(5-7-10)8-13-18-15(21-19-13)11-2-1-3-12(17)14(11)20/h1-7,20H,8,17H2. The molecule has 0 fully saturated rings. The third kappa shape index (κ3) is 2.90. The van der Waals surface area contributed by atoms with Crippen molar-refractivity contribution in [2.45, 2.75) is 6.42 Å². The largest absolute Gasteiger partial charge is 0.505 e. The Morgan fingerprint density at radius 3 is 2.67 bits per heavy atom. The molecule has 0 amide bonds. The van der Waals surface area contributed by atoms with Crippen molar-refractivity contribution in [1.82, 2.24) is 10.1 Å². The number of hydrogen-bond donors (Lipinski definition) is 2. The topological polar surface area (TPSA) is 85.2 Å². The highest BCUT2D eigenvalue weighted by Crippen LogP contribution is 2.32. The van der Waals surface area contributed by atoms with Crippen molar-refractivity contribution < 1.29 is 9.63 Å². The Morgan fingerprint density at radius 2 is 1.90 bits per heavy atom. The lowest BCUT2D eigenvalue weighted by atomic mass is 10.1. The number of nitrogens with zero attached hydrogens (tertiary/aromatic N) is 2. The van der Waals surface area contributed by atoms with Crippen molar-refractivity contribution in [2.24, 2.45) is 0 Å². The van der Waals surface area contributed by atoms with E-state index in [2.05, 4.69) is 26.1 Å². The first-order valence-corrected chi connectivity index (χ1v) is 7.07. The van der Waals surface area contributed by atoms with Crippen LogP contribution in [0.2, 0.25) is 0 Å². The highest BCUT2D eigenvalue weighted by molar-refractivity contribution is 9.10. The molecule has 3 aromatic rings. The van der Waals surface area contributed by atoms with E-state index in [4.69, 9.17) is 10.3 Å². The Kier molecular flexibility index (Phi) is 3.62. The van der Waals surface area contributed by atoms with Gasteiger partial charge in [-0.3, -0.25) is 0 Å². The van der Waals surface area contributed by atoms with Gasteiger partial charge in [-0.15, -0.1) is 0 Å². The lowest BCUT2D eigenvalue weighted by Gasteiger charge is -2.01. The second-order valence-corrected chi connectivity index (χ2v) is 5.48. The van der Waals surface area contributed by atoms with Crippen LogP contribution in [0.4, 0.5) is 5.69 Å². The van der Waals surface area contributed by atoms with Crippen molar-refractivity contribution in [3.63, 3.8) is 0 Å². The Bertz CT molecular complexity index is 769. The predicted molar refractivity (Wildman–Crippen MR) is 82.8 cm³/mol. The smallest absolute Gasteiger partial charge is 0.261 e. The summed E-state index contributed by atoms with van der Waals surface area (Å²) < 4.78 is 6.21. The van der Waals surface area contributed by atoms with Crippen molar-refractivity contribution in [2.75, 3.05) is 5.73 Å². The molecule has 5 nitrogen and oxygen atoms in total. The van der Waals surface area contributed by atoms with Gasteiger partial charge in [0.15, 0.2) is 11.6 Å². The highest BCUT2D eigenvalue weighted by atomic mass is 79.9. The second kappa shape index (κ2) is 5.57. The van der Waals surface area contributed by atoms with Crippen LogP contribution in [0, 0.1) is 0 Å². The van der Waals surface area contributed by atoms with Crippen LogP contribution >= 0.6 is 15.9 Å². The van der Waals surface area contributed by atoms with E-state index >= 15 is 0 Å². The molecule has 0 unspecified atom stereocenters. The SMILES string of the molecule is Nc1cccc(-c2nc(Cc3ccc(Br)cc3)no2)c1O. The van der Waals surface area contributed by atoms with Gasteiger partial charge < -0.3 is 15.4 Å². The van der Waals surface area contributed by atoms with Crippen LogP contribution in [0.25, 0.3) is 11.5 Å². The number of benzene rings is 2. The molecule has 0 bridgehead atoms. The molecule has 2 aromatic carbocycles. The van der Waals surface area contributed by atoms with Gasteiger partial charge in [-0.2, -0.15) is 4.98 Å². The number of para-hydroxylation sites is 1. The quantitative estimate of drug-likeness (QED) is 0.561. The number of nitrogens with two attached hydrogens (primary N) is 1. The lowest BCUT2D eigenvalue weighted by molar-refractivity contribution is 0.419. The molecule has 0 aliphatic heterocycles. The summed E-state index contributed by atoms with van der Waals surface area (Å²) in [4.78, 5) is 4.30. The van der Waals surface area contributed by atoms with E-state index in [-0.39, 0.29) is 17.3 Å². The van der Waals surface area contributed by atoms with Gasteiger partial charge in [-0.25, -0.2) is 0 Å². The van der Waals surface area contributed by atoms with Gasteiger partial charge in [0, 0.05) is 10.9 Å². The summed E-state index contributed by atoms with van der Waals surface area (Å²) in [6.45, 7) is 0. The molecule has 0 atom stereocenters. The Morgan fingerprint density at radius 1 is 1.14 bits per heavy atom. The minimum Gasteiger partial charge on any atom is -0.505 e. The number of phenolic OH excluding ortho intramolecular Hbond substituents is 1. The molecule has 0 saturated carbocycles. The molecule has 106 valence electrons. The van der Waals surface area contributed by atoms with E-state index in [1.54, 1.807) is 18.2 Å². The number of phenols is 1. The van der Waals surface area contributed by atoms with E-state index in [9.17, 15) is 5.11 Å². The molecule has 3 N–H and O–H groups in total. The number of anilines is 1. The van der Waals surface area contributed by atoms with Crippen molar-refractivity contribution in [3.8, 4) is 17.2 Å². The molecule has 0 spiro atoms. The maximum absolute atomic E-state index is 9.92. The fourth-order valence-electron chi connectivity index (χ4n) is 1.95. The molecular formula is C15H12BrN3O2. The third-order valence-electron chi connectivity index (χ3n) is 3.04. The van der Waals surface area contributed by atoms with Crippen LogP contribution in [0.3, 0.4) is 0 Å². The molecule has 0 aliphatic rings. The van der Waals surface area contributed by atoms with Crippen molar-refractivity contribution in [3.05, 3.63) is 58.3 Å². The van der Waals surface area contributed by atoms with E-state index < -0.39 is 0 Å². The molecule has 1 aromatic heterocycles. The minimum absolute atomic E-state index is 0.0451. The van der Waals surface area contributed by atoms with Gasteiger partial charge in [-0.1, -0.05) is 39.3 Å². The minimum atomic E-state index is -0.0451. The van der Waals surface area contributed by atoms with Gasteiger partial charge >= 0.3 is 0 Å². The summed E-state index contributed by atoms with van der Waals surface area (Å²) in [5, 5.41) is 13.9. The number of aromatic nitrogens is 2. The summed E-state index contributed by atoms with van der Waals surface area (Å²) in [7, 11) is 0. The number of hydrogen-bond acceptors (Lipinski definition) is 5. The maximum Gasteiger partial charge on any atom is 0.261 e. The summed E-state index contributed by atoms with van der Waals surface area (Å²) in [5.74, 6) is 0.761. The monoisotopic (exact) mass is 345 g/mol. The van der Waals surface area contributed by atoms with Crippen LogP contribution in [-0.4, -0.2) is 15.2 Å². The maximum atomic E-state index is 9.92. The molecule has 21 heavy (non-hydrogen) atoms.